The van der Waals surface area contributed by atoms with Gasteiger partial charge in [0.15, 0.2) is 0 Å². The van der Waals surface area contributed by atoms with Gasteiger partial charge in [-0.1, -0.05) is 6.07 Å². The highest BCUT2D eigenvalue weighted by Crippen LogP contribution is 2.20. The van der Waals surface area contributed by atoms with Crippen molar-refractivity contribution in [1.82, 2.24) is 4.90 Å². The van der Waals surface area contributed by atoms with Crippen LogP contribution >= 0.6 is 11.3 Å². The van der Waals surface area contributed by atoms with Crippen molar-refractivity contribution >= 4 is 11.3 Å². The van der Waals surface area contributed by atoms with Gasteiger partial charge in [-0.3, -0.25) is 0 Å². The van der Waals surface area contributed by atoms with E-state index in [1.165, 1.54) is 4.88 Å². The zero-order valence-corrected chi connectivity index (χ0v) is 8.47. The molecule has 2 nitrogen and oxygen atoms in total. The molecule has 0 aliphatic rings. The lowest BCUT2D eigenvalue weighted by Crippen LogP contribution is -2.25. The molecule has 3 heteroatoms. The van der Waals surface area contributed by atoms with Gasteiger partial charge in [0.05, 0.1) is 0 Å². The van der Waals surface area contributed by atoms with Crippen LogP contribution in [0.15, 0.2) is 17.5 Å². The molecule has 68 valence electrons. The van der Waals surface area contributed by atoms with E-state index in [1.807, 2.05) is 0 Å². The van der Waals surface area contributed by atoms with Crippen LogP contribution in [0.2, 0.25) is 0 Å². The summed E-state index contributed by atoms with van der Waals surface area (Å²) in [4.78, 5) is 3.57. The number of nitrogens with zero attached hydrogens (tertiary/aromatic N) is 1. The van der Waals surface area contributed by atoms with Crippen molar-refractivity contribution in [2.75, 3.05) is 27.2 Å². The van der Waals surface area contributed by atoms with E-state index in [0.717, 1.165) is 13.1 Å². The second-order valence-corrected chi connectivity index (χ2v) is 4.19. The van der Waals surface area contributed by atoms with Crippen LogP contribution in [0.4, 0.5) is 0 Å². The summed E-state index contributed by atoms with van der Waals surface area (Å²) in [5.74, 6) is 0.500. The summed E-state index contributed by atoms with van der Waals surface area (Å²) < 4.78 is 0. The molecule has 0 aromatic carbocycles. The highest BCUT2D eigenvalue weighted by Gasteiger charge is 2.10. The van der Waals surface area contributed by atoms with E-state index in [9.17, 15) is 0 Å². The molecule has 0 amide bonds. The Kier molecular flexibility index (Phi) is 3.72. The van der Waals surface area contributed by atoms with E-state index >= 15 is 0 Å². The predicted molar refractivity (Wildman–Crippen MR) is 54.7 cm³/mol. The Morgan fingerprint density at radius 1 is 1.58 bits per heavy atom. The highest BCUT2D eigenvalue weighted by atomic mass is 32.1. The summed E-state index contributed by atoms with van der Waals surface area (Å²) in [5, 5.41) is 2.10. The summed E-state index contributed by atoms with van der Waals surface area (Å²) in [6, 6.07) is 4.24. The molecule has 1 heterocycles. The van der Waals surface area contributed by atoms with Crippen LogP contribution in [0.25, 0.3) is 0 Å². The third-order valence-electron chi connectivity index (χ3n) is 1.82. The van der Waals surface area contributed by atoms with E-state index < -0.39 is 0 Å². The van der Waals surface area contributed by atoms with Crippen LogP contribution < -0.4 is 5.73 Å². The summed E-state index contributed by atoms with van der Waals surface area (Å²) >= 11 is 1.79. The third-order valence-corrected chi connectivity index (χ3v) is 2.85. The first-order valence-electron chi connectivity index (χ1n) is 4.12. The van der Waals surface area contributed by atoms with Gasteiger partial charge >= 0.3 is 0 Å². The molecule has 0 fully saturated rings. The van der Waals surface area contributed by atoms with Crippen LogP contribution in [0.5, 0.6) is 0 Å². The molecule has 0 spiro atoms. The fourth-order valence-electron chi connectivity index (χ4n) is 1.25. The topological polar surface area (TPSA) is 29.3 Å². The van der Waals surface area contributed by atoms with Gasteiger partial charge in [-0.15, -0.1) is 11.3 Å². The highest BCUT2D eigenvalue weighted by molar-refractivity contribution is 7.10. The number of nitrogens with two attached hydrogens (primary N) is 1. The Balaban J connectivity index is 2.57. The second kappa shape index (κ2) is 4.60. The van der Waals surface area contributed by atoms with Crippen molar-refractivity contribution in [2.24, 2.45) is 5.73 Å². The molecule has 1 rings (SSSR count). The Bertz CT molecular complexity index is 206. The van der Waals surface area contributed by atoms with Gasteiger partial charge in [-0.25, -0.2) is 0 Å². The van der Waals surface area contributed by atoms with Crippen molar-refractivity contribution in [3.8, 4) is 0 Å². The van der Waals surface area contributed by atoms with Crippen molar-refractivity contribution in [1.29, 1.82) is 0 Å². The van der Waals surface area contributed by atoms with Crippen molar-refractivity contribution in [2.45, 2.75) is 5.92 Å². The van der Waals surface area contributed by atoms with Crippen LogP contribution in [0.1, 0.15) is 10.8 Å². The van der Waals surface area contributed by atoms with Gasteiger partial charge < -0.3 is 10.6 Å². The summed E-state index contributed by atoms with van der Waals surface area (Å²) in [5.41, 5.74) is 5.69. The molecule has 0 aliphatic heterocycles. The minimum absolute atomic E-state index is 0.500. The van der Waals surface area contributed by atoms with Gasteiger partial charge in [0.2, 0.25) is 0 Å². The average molecular weight is 184 g/mol. The molecular formula is C9H16N2S. The maximum absolute atomic E-state index is 5.69. The average Bonchev–Trinajstić information content (AvgIpc) is 2.51. The number of thiophene rings is 1. The molecule has 2 N–H and O–H groups in total. The van der Waals surface area contributed by atoms with Gasteiger partial charge in [0, 0.05) is 23.9 Å². The molecule has 1 aromatic rings. The predicted octanol–water partition coefficient (Wildman–Crippen LogP) is 1.35. The lowest BCUT2D eigenvalue weighted by atomic mass is 10.1. The van der Waals surface area contributed by atoms with E-state index in [2.05, 4.69) is 36.5 Å². The van der Waals surface area contributed by atoms with Crippen molar-refractivity contribution in [3.05, 3.63) is 22.4 Å². The number of hydrogen-bond donors (Lipinski definition) is 1. The van der Waals surface area contributed by atoms with Crippen LogP contribution in [-0.4, -0.2) is 32.1 Å². The molecule has 0 radical (unpaired) electrons. The molecule has 0 bridgehead atoms. The lowest BCUT2D eigenvalue weighted by molar-refractivity contribution is 0.377. The standard InChI is InChI=1S/C9H16N2S/c1-11(2)7-8(6-10)9-4-3-5-12-9/h3-5,8H,6-7,10H2,1-2H3. The molecule has 1 aromatic heterocycles. The number of likely N-dealkylation sites (N-methyl/N-ethyl adjacent to an activating group) is 1. The molecular weight excluding hydrogens is 168 g/mol. The Morgan fingerprint density at radius 2 is 2.33 bits per heavy atom. The minimum Gasteiger partial charge on any atom is -0.330 e. The van der Waals surface area contributed by atoms with E-state index in [-0.39, 0.29) is 0 Å². The Morgan fingerprint density at radius 3 is 2.75 bits per heavy atom. The van der Waals surface area contributed by atoms with Gasteiger partial charge in [0.25, 0.3) is 0 Å². The maximum atomic E-state index is 5.69. The summed E-state index contributed by atoms with van der Waals surface area (Å²) in [7, 11) is 4.16. The Labute approximate surface area is 78.0 Å². The zero-order valence-electron chi connectivity index (χ0n) is 7.66. The van der Waals surface area contributed by atoms with Crippen molar-refractivity contribution < 1.29 is 0 Å². The number of hydrogen-bond acceptors (Lipinski definition) is 3. The quantitative estimate of drug-likeness (QED) is 0.765. The first-order chi connectivity index (χ1) is 5.74. The molecule has 0 saturated heterocycles. The first kappa shape index (κ1) is 9.71. The first-order valence-corrected chi connectivity index (χ1v) is 5.00. The van der Waals surface area contributed by atoms with Gasteiger partial charge in [-0.2, -0.15) is 0 Å². The fraction of sp³-hybridized carbons (Fsp3) is 0.556. The minimum atomic E-state index is 0.500. The summed E-state index contributed by atoms with van der Waals surface area (Å²) in [6.45, 7) is 1.77. The lowest BCUT2D eigenvalue weighted by Gasteiger charge is -2.17. The van der Waals surface area contributed by atoms with Gasteiger partial charge in [-0.05, 0) is 25.5 Å². The molecule has 1 unspecified atom stereocenters. The Hall–Kier alpha value is -0.380. The molecule has 0 aliphatic carbocycles. The fourth-order valence-corrected chi connectivity index (χ4v) is 2.08. The van der Waals surface area contributed by atoms with E-state index in [1.54, 1.807) is 11.3 Å². The zero-order chi connectivity index (χ0) is 8.97. The SMILES string of the molecule is CN(C)CC(CN)c1cccs1. The smallest absolute Gasteiger partial charge is 0.0183 e. The monoisotopic (exact) mass is 184 g/mol. The molecule has 12 heavy (non-hydrogen) atoms. The van der Waals surface area contributed by atoms with Crippen LogP contribution in [0.3, 0.4) is 0 Å². The second-order valence-electron chi connectivity index (χ2n) is 3.21. The normalized spacial score (nSPS) is 13.7. The van der Waals surface area contributed by atoms with Crippen molar-refractivity contribution in [3.63, 3.8) is 0 Å². The van der Waals surface area contributed by atoms with E-state index in [4.69, 9.17) is 5.73 Å². The number of rotatable bonds is 4. The molecule has 1 atom stereocenters. The maximum Gasteiger partial charge on any atom is 0.0183 e. The largest absolute Gasteiger partial charge is 0.330 e. The molecule has 0 saturated carbocycles. The van der Waals surface area contributed by atoms with Gasteiger partial charge in [0.1, 0.15) is 0 Å². The summed E-state index contributed by atoms with van der Waals surface area (Å²) in [6.07, 6.45) is 0. The van der Waals surface area contributed by atoms with Crippen LogP contribution in [0, 0.1) is 0 Å². The third kappa shape index (κ3) is 2.59. The van der Waals surface area contributed by atoms with Crippen LogP contribution in [-0.2, 0) is 0 Å². The van der Waals surface area contributed by atoms with E-state index in [0.29, 0.717) is 5.92 Å².